The molecule has 0 spiro atoms. The van der Waals surface area contributed by atoms with Crippen molar-refractivity contribution in [2.24, 2.45) is 0 Å². The van der Waals surface area contributed by atoms with Gasteiger partial charge in [-0.1, -0.05) is 0 Å². The van der Waals surface area contributed by atoms with Gasteiger partial charge in [-0.3, -0.25) is 14.4 Å². The molecule has 2 aliphatic heterocycles. The van der Waals surface area contributed by atoms with Crippen LogP contribution in [-0.4, -0.2) is 45.3 Å². The molecule has 0 aromatic carbocycles. The molecule has 9 heteroatoms. The lowest BCUT2D eigenvalue weighted by Crippen LogP contribution is -2.57. The monoisotopic (exact) mass is 373 g/mol. The van der Waals surface area contributed by atoms with E-state index in [0.29, 0.717) is 13.0 Å². The Morgan fingerprint density at radius 1 is 1.41 bits per heavy atom. The predicted octanol–water partition coefficient (Wildman–Crippen LogP) is 0.668. The Hall–Kier alpha value is -3.07. The van der Waals surface area contributed by atoms with E-state index in [1.165, 1.54) is 28.2 Å². The van der Waals surface area contributed by atoms with Crippen LogP contribution in [0.2, 0.25) is 0 Å². The molecule has 2 amide bonds. The summed E-state index contributed by atoms with van der Waals surface area (Å²) in [6.07, 6.45) is 4.45. The lowest BCUT2D eigenvalue weighted by atomic mass is 10.1. The molecule has 142 valence electrons. The minimum atomic E-state index is -0.872. The van der Waals surface area contributed by atoms with E-state index >= 15 is 0 Å². The summed E-state index contributed by atoms with van der Waals surface area (Å²) in [6.45, 7) is 2.83. The van der Waals surface area contributed by atoms with Gasteiger partial charge in [0.25, 0.3) is 11.8 Å². The van der Waals surface area contributed by atoms with Gasteiger partial charge in [0, 0.05) is 24.3 Å². The van der Waals surface area contributed by atoms with Gasteiger partial charge in [-0.2, -0.15) is 0 Å². The smallest absolute Gasteiger partial charge is 0.276 e. The minimum Gasteiger partial charge on any atom is -0.503 e. The molecule has 0 bridgehead atoms. The van der Waals surface area contributed by atoms with Crippen molar-refractivity contribution in [1.82, 2.24) is 14.8 Å². The zero-order chi connectivity index (χ0) is 19.1. The maximum absolute atomic E-state index is 12.8. The zero-order valence-electron chi connectivity index (χ0n) is 14.7. The van der Waals surface area contributed by atoms with Crippen LogP contribution >= 0.6 is 0 Å². The molecule has 0 unspecified atom stereocenters. The van der Waals surface area contributed by atoms with Gasteiger partial charge < -0.3 is 29.0 Å². The number of furan rings is 1. The fourth-order valence-electron chi connectivity index (χ4n) is 3.49. The van der Waals surface area contributed by atoms with Crippen molar-refractivity contribution in [3.8, 4) is 5.75 Å². The first-order valence-corrected chi connectivity index (χ1v) is 8.67. The summed E-state index contributed by atoms with van der Waals surface area (Å²) in [6, 6.07) is 1.63. The SMILES string of the molecule is C[C@@H]1CCO[C@H]2Cn3cc(C(=O)NCc4ccoc4)c(=O)c(O)c3C(=O)N12. The summed E-state index contributed by atoms with van der Waals surface area (Å²) in [7, 11) is 0. The Morgan fingerprint density at radius 2 is 2.22 bits per heavy atom. The zero-order valence-corrected chi connectivity index (χ0v) is 14.7. The second-order valence-electron chi connectivity index (χ2n) is 6.71. The molecule has 2 aromatic heterocycles. The molecule has 0 saturated carbocycles. The Kier molecular flexibility index (Phi) is 4.23. The highest BCUT2D eigenvalue weighted by Gasteiger charge is 2.40. The van der Waals surface area contributed by atoms with Crippen molar-refractivity contribution in [1.29, 1.82) is 0 Å². The molecule has 2 aliphatic rings. The highest BCUT2D eigenvalue weighted by atomic mass is 16.5. The van der Waals surface area contributed by atoms with E-state index in [-0.39, 0.29) is 30.4 Å². The van der Waals surface area contributed by atoms with Gasteiger partial charge in [0.15, 0.2) is 17.7 Å². The second-order valence-corrected chi connectivity index (χ2v) is 6.71. The van der Waals surface area contributed by atoms with Crippen molar-refractivity contribution in [2.45, 2.75) is 38.7 Å². The number of amides is 2. The maximum Gasteiger partial charge on any atom is 0.276 e. The molecular weight excluding hydrogens is 354 g/mol. The lowest BCUT2D eigenvalue weighted by Gasteiger charge is -2.44. The molecule has 0 aliphatic carbocycles. The molecule has 0 radical (unpaired) electrons. The van der Waals surface area contributed by atoms with Crippen molar-refractivity contribution in [2.75, 3.05) is 6.61 Å². The van der Waals surface area contributed by atoms with Crippen LogP contribution in [0.4, 0.5) is 0 Å². The first-order valence-electron chi connectivity index (χ1n) is 8.67. The van der Waals surface area contributed by atoms with Crippen molar-refractivity contribution in [3.63, 3.8) is 0 Å². The van der Waals surface area contributed by atoms with Gasteiger partial charge in [-0.25, -0.2) is 0 Å². The molecule has 2 aromatic rings. The minimum absolute atomic E-state index is 0.0579. The quantitative estimate of drug-likeness (QED) is 0.817. The predicted molar refractivity (Wildman–Crippen MR) is 92.2 cm³/mol. The van der Waals surface area contributed by atoms with E-state index < -0.39 is 29.2 Å². The first-order chi connectivity index (χ1) is 13.0. The Bertz CT molecular complexity index is 949. The highest BCUT2D eigenvalue weighted by Crippen LogP contribution is 2.29. The highest BCUT2D eigenvalue weighted by molar-refractivity contribution is 5.99. The molecule has 4 rings (SSSR count). The average Bonchev–Trinajstić information content (AvgIpc) is 3.16. The van der Waals surface area contributed by atoms with Gasteiger partial charge in [-0.15, -0.1) is 0 Å². The van der Waals surface area contributed by atoms with Crippen LogP contribution in [0, 0.1) is 0 Å². The largest absolute Gasteiger partial charge is 0.503 e. The Balaban J connectivity index is 1.67. The molecule has 9 nitrogen and oxygen atoms in total. The van der Waals surface area contributed by atoms with Crippen molar-refractivity contribution >= 4 is 11.8 Å². The number of ether oxygens (including phenoxy) is 1. The number of rotatable bonds is 3. The normalized spacial score (nSPS) is 21.5. The third kappa shape index (κ3) is 2.89. The van der Waals surface area contributed by atoms with E-state index in [2.05, 4.69) is 5.32 Å². The summed E-state index contributed by atoms with van der Waals surface area (Å²) in [5.41, 5.74) is -0.478. The van der Waals surface area contributed by atoms with Gasteiger partial charge in [0.05, 0.1) is 25.7 Å². The van der Waals surface area contributed by atoms with Crippen LogP contribution in [0.15, 0.2) is 34.0 Å². The number of carbonyl (C=O) groups excluding carboxylic acids is 2. The molecular formula is C18H19N3O6. The van der Waals surface area contributed by atoms with Gasteiger partial charge in [-0.05, 0) is 19.4 Å². The molecule has 2 N–H and O–H groups in total. The molecule has 27 heavy (non-hydrogen) atoms. The second kappa shape index (κ2) is 6.58. The fraction of sp³-hybridized carbons (Fsp3) is 0.389. The van der Waals surface area contributed by atoms with Crippen LogP contribution in [0.5, 0.6) is 5.75 Å². The van der Waals surface area contributed by atoms with E-state index in [4.69, 9.17) is 9.15 Å². The summed E-state index contributed by atoms with van der Waals surface area (Å²) < 4.78 is 12.0. The fourth-order valence-corrected chi connectivity index (χ4v) is 3.49. The molecule has 4 heterocycles. The third-order valence-corrected chi connectivity index (χ3v) is 4.95. The number of carbonyl (C=O) groups is 2. The van der Waals surface area contributed by atoms with E-state index in [1.54, 1.807) is 6.07 Å². The summed E-state index contributed by atoms with van der Waals surface area (Å²) >= 11 is 0. The first kappa shape index (κ1) is 17.3. The average molecular weight is 373 g/mol. The van der Waals surface area contributed by atoms with E-state index in [9.17, 15) is 19.5 Å². The van der Waals surface area contributed by atoms with Gasteiger partial charge >= 0.3 is 0 Å². The van der Waals surface area contributed by atoms with Crippen molar-refractivity contribution < 1.29 is 23.8 Å². The van der Waals surface area contributed by atoms with Gasteiger partial charge in [0.1, 0.15) is 5.56 Å². The molecule has 2 atom stereocenters. The number of nitrogens with zero attached hydrogens (tertiary/aromatic N) is 2. The standard InChI is InChI=1S/C18H19N3O6/c1-10-2-5-27-13-8-20-7-12(17(24)19-6-11-3-4-26-9-11)15(22)16(23)14(20)18(25)21(10)13/h3-4,7,9-10,13,23H,2,5-6,8H2,1H3,(H,19,24)/t10-,13+/m1/s1. The van der Waals surface area contributed by atoms with Crippen molar-refractivity contribution in [3.05, 3.63) is 51.8 Å². The molecule has 1 saturated heterocycles. The van der Waals surface area contributed by atoms with Crippen LogP contribution in [0.1, 0.15) is 39.8 Å². The number of nitrogens with one attached hydrogen (secondary N) is 1. The summed E-state index contributed by atoms with van der Waals surface area (Å²) in [5.74, 6) is -1.83. The topological polar surface area (TPSA) is 114 Å². The van der Waals surface area contributed by atoms with Crippen LogP contribution in [0.3, 0.4) is 0 Å². The number of pyridine rings is 1. The lowest BCUT2D eigenvalue weighted by molar-refractivity contribution is -0.112. The number of hydrogen-bond donors (Lipinski definition) is 2. The Labute approximate surface area is 154 Å². The van der Waals surface area contributed by atoms with Crippen LogP contribution < -0.4 is 10.7 Å². The van der Waals surface area contributed by atoms with Crippen LogP contribution in [0.25, 0.3) is 0 Å². The summed E-state index contributed by atoms with van der Waals surface area (Å²) in [4.78, 5) is 39.3. The van der Waals surface area contributed by atoms with E-state index in [0.717, 1.165) is 5.56 Å². The van der Waals surface area contributed by atoms with Gasteiger partial charge in [0.2, 0.25) is 5.43 Å². The van der Waals surface area contributed by atoms with Crippen LogP contribution in [-0.2, 0) is 17.8 Å². The number of aromatic hydroxyl groups is 1. The Morgan fingerprint density at radius 3 is 2.96 bits per heavy atom. The number of hydrogen-bond acceptors (Lipinski definition) is 6. The van der Waals surface area contributed by atoms with E-state index in [1.807, 2.05) is 6.92 Å². The maximum atomic E-state index is 12.8. The number of aromatic nitrogens is 1. The number of fused-ring (bicyclic) bond motifs is 2. The summed E-state index contributed by atoms with van der Waals surface area (Å²) in [5, 5.41) is 13.0. The third-order valence-electron chi connectivity index (χ3n) is 4.95. The molecule has 1 fully saturated rings.